The molecule has 4 N–H and O–H groups in total. The lowest BCUT2D eigenvalue weighted by Gasteiger charge is -2.23. The summed E-state index contributed by atoms with van der Waals surface area (Å²) in [6, 6.07) is 6.86. The first-order valence-electron chi connectivity index (χ1n) is 7.96. The number of carbonyl (C=O) groups excluding carboxylic acids is 1. The molecule has 0 saturated carbocycles. The van der Waals surface area contributed by atoms with Gasteiger partial charge in [-0.1, -0.05) is 34.8 Å². The summed E-state index contributed by atoms with van der Waals surface area (Å²) in [6.07, 6.45) is 0.303. The minimum Gasteiger partial charge on any atom is -0.494 e. The standard InChI is InChI=1S/C16H24Cl3N3O2/c1-4-24-13-8-6-12(7-9-13)14(23)21-15(16(17,18)19)20-10-5-11-22(2)3/h6-9,15,20H,4-5,10-11H2,1-3H3,(H,21,23)/p+2/t15-/m1/s1. The molecule has 1 rings (SSSR count). The van der Waals surface area contributed by atoms with Gasteiger partial charge in [-0.15, -0.1) is 0 Å². The number of nitrogens with two attached hydrogens (primary N) is 1. The van der Waals surface area contributed by atoms with Crippen LogP contribution >= 0.6 is 34.8 Å². The number of carbonyl (C=O) groups is 1. The van der Waals surface area contributed by atoms with E-state index in [0.29, 0.717) is 17.9 Å². The molecule has 0 saturated heterocycles. The molecule has 8 heteroatoms. The molecule has 136 valence electrons. The van der Waals surface area contributed by atoms with E-state index in [9.17, 15) is 4.79 Å². The zero-order valence-electron chi connectivity index (χ0n) is 14.2. The molecule has 0 radical (unpaired) electrons. The number of hydrogen-bond acceptors (Lipinski definition) is 2. The molecule has 1 aromatic rings. The van der Waals surface area contributed by atoms with E-state index in [4.69, 9.17) is 39.5 Å². The molecule has 0 aliphatic rings. The van der Waals surface area contributed by atoms with Crippen molar-refractivity contribution in [2.24, 2.45) is 0 Å². The van der Waals surface area contributed by atoms with E-state index in [-0.39, 0.29) is 5.91 Å². The lowest BCUT2D eigenvalue weighted by Crippen LogP contribution is -3.06. The number of rotatable bonds is 9. The van der Waals surface area contributed by atoms with E-state index in [1.165, 1.54) is 4.90 Å². The highest BCUT2D eigenvalue weighted by atomic mass is 35.6. The summed E-state index contributed by atoms with van der Waals surface area (Å²) in [5.74, 6) is 0.425. The van der Waals surface area contributed by atoms with E-state index >= 15 is 0 Å². The Morgan fingerprint density at radius 2 is 1.92 bits per heavy atom. The number of amides is 1. The van der Waals surface area contributed by atoms with Crippen molar-refractivity contribution in [3.8, 4) is 5.75 Å². The van der Waals surface area contributed by atoms with Gasteiger partial charge in [0.05, 0.1) is 33.8 Å². The highest BCUT2D eigenvalue weighted by molar-refractivity contribution is 6.68. The molecule has 0 spiro atoms. The van der Waals surface area contributed by atoms with Gasteiger partial charge in [-0.25, -0.2) is 0 Å². The Morgan fingerprint density at radius 1 is 1.29 bits per heavy atom. The lowest BCUT2D eigenvalue weighted by molar-refractivity contribution is -0.860. The fraction of sp³-hybridized carbons (Fsp3) is 0.562. The Hall–Kier alpha value is -0.720. The minimum absolute atomic E-state index is 0.288. The van der Waals surface area contributed by atoms with E-state index in [1.807, 2.05) is 12.2 Å². The predicted octanol–water partition coefficient (Wildman–Crippen LogP) is 0.609. The van der Waals surface area contributed by atoms with Crippen molar-refractivity contribution < 1.29 is 19.7 Å². The molecule has 1 aromatic carbocycles. The third-order valence-corrected chi connectivity index (χ3v) is 4.06. The number of hydrogen-bond donors (Lipinski definition) is 3. The maximum Gasteiger partial charge on any atom is 0.262 e. The molecule has 0 heterocycles. The molecule has 0 unspecified atom stereocenters. The van der Waals surface area contributed by atoms with Crippen molar-refractivity contribution in [3.63, 3.8) is 0 Å². The van der Waals surface area contributed by atoms with Crippen LogP contribution in [0.1, 0.15) is 23.7 Å². The van der Waals surface area contributed by atoms with Gasteiger partial charge in [0.15, 0.2) is 0 Å². The predicted molar refractivity (Wildman–Crippen MR) is 98.2 cm³/mol. The molecule has 5 nitrogen and oxygen atoms in total. The van der Waals surface area contributed by atoms with Crippen molar-refractivity contribution in [1.29, 1.82) is 0 Å². The first-order valence-corrected chi connectivity index (χ1v) is 9.10. The second kappa shape index (κ2) is 10.3. The molecule has 0 bridgehead atoms. The van der Waals surface area contributed by atoms with Crippen molar-refractivity contribution in [2.45, 2.75) is 23.3 Å². The molecular weight excluding hydrogens is 373 g/mol. The summed E-state index contributed by atoms with van der Waals surface area (Å²) in [4.78, 5) is 13.7. The van der Waals surface area contributed by atoms with Crippen LogP contribution in [0.2, 0.25) is 0 Å². The average Bonchev–Trinajstić information content (AvgIpc) is 2.50. The fourth-order valence-electron chi connectivity index (χ4n) is 2.11. The van der Waals surface area contributed by atoms with E-state index in [1.54, 1.807) is 24.3 Å². The molecule has 0 aromatic heterocycles. The third kappa shape index (κ3) is 7.90. The highest BCUT2D eigenvalue weighted by Crippen LogP contribution is 2.27. The number of nitrogens with one attached hydrogen (secondary N) is 2. The Kier molecular flexibility index (Phi) is 9.16. The molecule has 0 aliphatic carbocycles. The van der Waals surface area contributed by atoms with Gasteiger partial charge >= 0.3 is 0 Å². The second-order valence-electron chi connectivity index (χ2n) is 5.79. The number of benzene rings is 1. The summed E-state index contributed by atoms with van der Waals surface area (Å²) in [5, 5.41) is 4.62. The van der Waals surface area contributed by atoms with Crippen molar-refractivity contribution in [2.75, 3.05) is 33.8 Å². The van der Waals surface area contributed by atoms with Crippen molar-refractivity contribution in [3.05, 3.63) is 29.8 Å². The molecule has 1 atom stereocenters. The number of halogens is 3. The van der Waals surface area contributed by atoms with Gasteiger partial charge < -0.3 is 15.0 Å². The quantitative estimate of drug-likeness (QED) is 0.324. The van der Waals surface area contributed by atoms with Crippen molar-refractivity contribution in [1.82, 2.24) is 5.32 Å². The summed E-state index contributed by atoms with van der Waals surface area (Å²) < 4.78 is 3.77. The Balaban J connectivity index is 2.63. The van der Waals surface area contributed by atoms with Crippen LogP contribution in [0.15, 0.2) is 24.3 Å². The fourth-order valence-corrected chi connectivity index (χ4v) is 2.54. The Labute approximate surface area is 158 Å². The maximum absolute atomic E-state index is 12.4. The number of quaternary nitrogens is 2. The second-order valence-corrected chi connectivity index (χ2v) is 8.15. The van der Waals surface area contributed by atoms with E-state index in [2.05, 4.69) is 19.4 Å². The van der Waals surface area contributed by atoms with Crippen LogP contribution in [0, 0.1) is 0 Å². The summed E-state index contributed by atoms with van der Waals surface area (Å²) in [7, 11) is 4.17. The number of alkyl halides is 3. The SMILES string of the molecule is CCOc1ccc(C(=O)N[C@@H]([NH2+]CCC[NH+](C)C)C(Cl)(Cl)Cl)cc1. The van der Waals surface area contributed by atoms with Crippen LogP contribution in [0.5, 0.6) is 5.75 Å². The molecule has 0 fully saturated rings. The van der Waals surface area contributed by atoms with Crippen LogP contribution in [0.25, 0.3) is 0 Å². The van der Waals surface area contributed by atoms with Crippen LogP contribution in [-0.4, -0.2) is 49.7 Å². The first kappa shape index (κ1) is 21.3. The minimum atomic E-state index is -1.59. The molecule has 24 heavy (non-hydrogen) atoms. The third-order valence-electron chi connectivity index (χ3n) is 3.35. The zero-order valence-corrected chi connectivity index (χ0v) is 16.5. The normalized spacial score (nSPS) is 13.0. The van der Waals surface area contributed by atoms with Crippen LogP contribution < -0.4 is 20.3 Å². The van der Waals surface area contributed by atoms with Gasteiger partial charge in [-0.3, -0.25) is 10.1 Å². The maximum atomic E-state index is 12.4. The van der Waals surface area contributed by atoms with Crippen LogP contribution in [-0.2, 0) is 0 Å². The molecule has 0 aliphatic heterocycles. The first-order chi connectivity index (χ1) is 11.2. The smallest absolute Gasteiger partial charge is 0.262 e. The highest BCUT2D eigenvalue weighted by Gasteiger charge is 2.37. The van der Waals surface area contributed by atoms with Gasteiger partial charge in [-0.2, -0.15) is 0 Å². The van der Waals surface area contributed by atoms with Crippen molar-refractivity contribution >= 4 is 40.7 Å². The summed E-state index contributed by atoms with van der Waals surface area (Å²) in [6.45, 7) is 4.24. The Morgan fingerprint density at radius 3 is 2.42 bits per heavy atom. The van der Waals surface area contributed by atoms with E-state index in [0.717, 1.165) is 19.5 Å². The van der Waals surface area contributed by atoms with Crippen LogP contribution in [0.3, 0.4) is 0 Å². The summed E-state index contributed by atoms with van der Waals surface area (Å²) in [5.41, 5.74) is 0.490. The van der Waals surface area contributed by atoms with Crippen LogP contribution in [0.4, 0.5) is 0 Å². The topological polar surface area (TPSA) is 59.4 Å². The molecule has 1 amide bonds. The van der Waals surface area contributed by atoms with Gasteiger partial charge in [0.25, 0.3) is 9.70 Å². The Bertz CT molecular complexity index is 504. The largest absolute Gasteiger partial charge is 0.494 e. The van der Waals surface area contributed by atoms with Gasteiger partial charge in [-0.05, 0) is 31.2 Å². The molecular formula is C16H26Cl3N3O2+2. The zero-order chi connectivity index (χ0) is 18.2. The average molecular weight is 399 g/mol. The monoisotopic (exact) mass is 397 g/mol. The van der Waals surface area contributed by atoms with Gasteiger partial charge in [0, 0.05) is 12.0 Å². The summed E-state index contributed by atoms with van der Waals surface area (Å²) >= 11 is 18.0. The van der Waals surface area contributed by atoms with Gasteiger partial charge in [0.1, 0.15) is 5.75 Å². The number of ether oxygens (including phenoxy) is 1. The van der Waals surface area contributed by atoms with E-state index < -0.39 is 9.96 Å². The lowest BCUT2D eigenvalue weighted by atomic mass is 10.2. The van der Waals surface area contributed by atoms with Gasteiger partial charge in [0.2, 0.25) is 6.17 Å².